The molecule has 2 N–H and O–H groups in total. The lowest BCUT2D eigenvalue weighted by molar-refractivity contribution is 0.579. The highest BCUT2D eigenvalue weighted by Crippen LogP contribution is 2.26. The Balaban J connectivity index is 2.64. The molecule has 84 valence electrons. The molecule has 1 atom stereocenters. The van der Waals surface area contributed by atoms with E-state index in [4.69, 9.17) is 5.73 Å². The lowest BCUT2D eigenvalue weighted by Gasteiger charge is -2.14. The van der Waals surface area contributed by atoms with E-state index in [2.05, 4.69) is 48.0 Å². The Morgan fingerprint density at radius 1 is 1.33 bits per heavy atom. The molecule has 0 saturated carbocycles. The normalized spacial score (nSPS) is 12.8. The smallest absolute Gasteiger partial charge is 0.0306 e. The van der Waals surface area contributed by atoms with E-state index < -0.39 is 0 Å². The molecular weight excluding hydrogens is 250 g/mol. The second-order valence-electron chi connectivity index (χ2n) is 4.13. The molecule has 0 spiro atoms. The third-order valence-electron chi connectivity index (χ3n) is 2.67. The van der Waals surface area contributed by atoms with E-state index in [9.17, 15) is 0 Å². The average Bonchev–Trinajstić information content (AvgIpc) is 2.22. The van der Waals surface area contributed by atoms with E-state index in [1.807, 2.05) is 0 Å². The second kappa shape index (κ2) is 6.29. The largest absolute Gasteiger partial charge is 0.324 e. The minimum absolute atomic E-state index is 0.172. The van der Waals surface area contributed by atoms with Crippen LogP contribution < -0.4 is 5.73 Å². The van der Waals surface area contributed by atoms with E-state index in [1.54, 1.807) is 0 Å². The molecule has 0 amide bonds. The predicted molar refractivity (Wildman–Crippen MR) is 69.9 cm³/mol. The summed E-state index contributed by atoms with van der Waals surface area (Å²) in [5, 5.41) is 0. The van der Waals surface area contributed by atoms with Crippen LogP contribution in [-0.2, 0) is 0 Å². The predicted octanol–water partition coefficient (Wildman–Crippen LogP) is 4.34. The zero-order valence-electron chi connectivity index (χ0n) is 9.59. The van der Waals surface area contributed by atoms with Crippen LogP contribution in [0.1, 0.15) is 49.8 Å². The molecule has 1 rings (SSSR count). The van der Waals surface area contributed by atoms with E-state index >= 15 is 0 Å². The summed E-state index contributed by atoms with van der Waals surface area (Å²) < 4.78 is 1.14. The van der Waals surface area contributed by atoms with Gasteiger partial charge in [-0.1, -0.05) is 59.8 Å². The Hall–Kier alpha value is -0.340. The van der Waals surface area contributed by atoms with Gasteiger partial charge in [-0.15, -0.1) is 0 Å². The van der Waals surface area contributed by atoms with Crippen molar-refractivity contribution in [1.29, 1.82) is 0 Å². The maximum Gasteiger partial charge on any atom is 0.0306 e. The van der Waals surface area contributed by atoms with Gasteiger partial charge in [-0.25, -0.2) is 0 Å². The number of hydrogen-bond acceptors (Lipinski definition) is 1. The highest BCUT2D eigenvalue weighted by Gasteiger charge is 2.09. The zero-order chi connectivity index (χ0) is 11.3. The molecule has 0 aliphatic heterocycles. The Morgan fingerprint density at radius 3 is 2.73 bits per heavy atom. The summed E-state index contributed by atoms with van der Waals surface area (Å²) in [6, 6.07) is 6.54. The molecule has 0 aliphatic carbocycles. The Morgan fingerprint density at radius 2 is 2.07 bits per heavy atom. The van der Waals surface area contributed by atoms with E-state index in [-0.39, 0.29) is 6.04 Å². The first-order valence-corrected chi connectivity index (χ1v) is 6.46. The number of nitrogens with two attached hydrogens (primary N) is 1. The first-order valence-electron chi connectivity index (χ1n) is 5.66. The maximum atomic E-state index is 6.18. The first kappa shape index (κ1) is 12.7. The summed E-state index contributed by atoms with van der Waals surface area (Å²) in [7, 11) is 0. The Labute approximate surface area is 101 Å². The van der Waals surface area contributed by atoms with Crippen LogP contribution in [0.3, 0.4) is 0 Å². The lowest BCUT2D eigenvalue weighted by Crippen LogP contribution is -2.11. The van der Waals surface area contributed by atoms with Gasteiger partial charge in [0.05, 0.1) is 0 Å². The minimum atomic E-state index is 0.172. The van der Waals surface area contributed by atoms with Crippen LogP contribution in [0.15, 0.2) is 22.7 Å². The molecule has 15 heavy (non-hydrogen) atoms. The fraction of sp³-hybridized carbons (Fsp3) is 0.538. The summed E-state index contributed by atoms with van der Waals surface area (Å²) in [6.07, 6.45) is 4.83. The van der Waals surface area contributed by atoms with Gasteiger partial charge in [0.2, 0.25) is 0 Å². The van der Waals surface area contributed by atoms with E-state index in [1.165, 1.54) is 30.4 Å². The summed E-state index contributed by atoms with van der Waals surface area (Å²) in [6.45, 7) is 4.32. The summed E-state index contributed by atoms with van der Waals surface area (Å²) in [4.78, 5) is 0. The minimum Gasteiger partial charge on any atom is -0.324 e. The molecule has 1 aromatic carbocycles. The highest BCUT2D eigenvalue weighted by molar-refractivity contribution is 9.10. The number of unbranched alkanes of at least 4 members (excludes halogenated alkanes) is 2. The van der Waals surface area contributed by atoms with Crippen molar-refractivity contribution in [3.05, 3.63) is 33.8 Å². The number of hydrogen-bond donors (Lipinski definition) is 1. The number of aryl methyl sites for hydroxylation is 1. The monoisotopic (exact) mass is 269 g/mol. The number of rotatable bonds is 5. The third kappa shape index (κ3) is 3.96. The summed E-state index contributed by atoms with van der Waals surface area (Å²) in [5.74, 6) is 0. The lowest BCUT2D eigenvalue weighted by atomic mass is 10.00. The van der Waals surface area contributed by atoms with Gasteiger partial charge >= 0.3 is 0 Å². The SMILES string of the molecule is CCCCCC(N)c1cc(C)ccc1Br. The molecule has 0 heterocycles. The number of halogens is 1. The van der Waals surface area contributed by atoms with Crippen LogP contribution in [0.2, 0.25) is 0 Å². The van der Waals surface area contributed by atoms with Gasteiger partial charge in [-0.05, 0) is 25.0 Å². The van der Waals surface area contributed by atoms with Crippen molar-refractivity contribution in [1.82, 2.24) is 0 Å². The molecule has 1 nitrogen and oxygen atoms in total. The van der Waals surface area contributed by atoms with Crippen LogP contribution in [-0.4, -0.2) is 0 Å². The van der Waals surface area contributed by atoms with E-state index in [0.29, 0.717) is 0 Å². The Kier molecular flexibility index (Phi) is 5.34. The topological polar surface area (TPSA) is 26.0 Å². The Bertz CT molecular complexity index is 309. The zero-order valence-corrected chi connectivity index (χ0v) is 11.2. The highest BCUT2D eigenvalue weighted by atomic mass is 79.9. The molecule has 2 heteroatoms. The van der Waals surface area contributed by atoms with Crippen LogP contribution in [0.5, 0.6) is 0 Å². The van der Waals surface area contributed by atoms with Crippen LogP contribution in [0.4, 0.5) is 0 Å². The van der Waals surface area contributed by atoms with Crippen molar-refractivity contribution >= 4 is 15.9 Å². The van der Waals surface area contributed by atoms with Gasteiger partial charge in [-0.2, -0.15) is 0 Å². The van der Waals surface area contributed by atoms with Crippen molar-refractivity contribution in [2.24, 2.45) is 5.73 Å². The molecule has 1 aromatic rings. The molecule has 0 aliphatic rings. The average molecular weight is 270 g/mol. The van der Waals surface area contributed by atoms with E-state index in [0.717, 1.165) is 10.9 Å². The van der Waals surface area contributed by atoms with Gasteiger partial charge in [0.25, 0.3) is 0 Å². The third-order valence-corrected chi connectivity index (χ3v) is 3.39. The quantitative estimate of drug-likeness (QED) is 0.791. The van der Waals surface area contributed by atoms with Crippen LogP contribution in [0.25, 0.3) is 0 Å². The first-order chi connectivity index (χ1) is 7.15. The van der Waals surface area contributed by atoms with Crippen molar-refractivity contribution in [3.8, 4) is 0 Å². The fourth-order valence-corrected chi connectivity index (χ4v) is 2.26. The van der Waals surface area contributed by atoms with Gasteiger partial charge in [0, 0.05) is 10.5 Å². The van der Waals surface area contributed by atoms with Crippen molar-refractivity contribution in [2.75, 3.05) is 0 Å². The molecule has 0 fully saturated rings. The van der Waals surface area contributed by atoms with Gasteiger partial charge in [-0.3, -0.25) is 0 Å². The summed E-state index contributed by atoms with van der Waals surface area (Å²) >= 11 is 3.56. The number of benzene rings is 1. The maximum absolute atomic E-state index is 6.18. The van der Waals surface area contributed by atoms with Gasteiger partial charge in [0.15, 0.2) is 0 Å². The molecule has 0 saturated heterocycles. The molecular formula is C13H20BrN. The molecule has 1 unspecified atom stereocenters. The summed E-state index contributed by atoms with van der Waals surface area (Å²) in [5.41, 5.74) is 8.69. The van der Waals surface area contributed by atoms with Crippen LogP contribution >= 0.6 is 15.9 Å². The fourth-order valence-electron chi connectivity index (χ4n) is 1.72. The molecule has 0 bridgehead atoms. The van der Waals surface area contributed by atoms with Gasteiger partial charge < -0.3 is 5.73 Å². The molecule has 0 radical (unpaired) electrons. The van der Waals surface area contributed by atoms with Crippen LogP contribution in [0, 0.1) is 6.92 Å². The molecule has 0 aromatic heterocycles. The standard InChI is InChI=1S/C13H20BrN/c1-3-4-5-6-13(15)11-9-10(2)7-8-12(11)14/h7-9,13H,3-6,15H2,1-2H3. The van der Waals surface area contributed by atoms with Crippen molar-refractivity contribution in [2.45, 2.75) is 45.6 Å². The van der Waals surface area contributed by atoms with Crippen molar-refractivity contribution in [3.63, 3.8) is 0 Å². The second-order valence-corrected chi connectivity index (χ2v) is 4.98. The van der Waals surface area contributed by atoms with Crippen molar-refractivity contribution < 1.29 is 0 Å². The van der Waals surface area contributed by atoms with Gasteiger partial charge in [0.1, 0.15) is 0 Å².